The summed E-state index contributed by atoms with van der Waals surface area (Å²) in [6.45, 7) is 4.81. The van der Waals surface area contributed by atoms with Crippen LogP contribution in [0.5, 0.6) is 0 Å². The van der Waals surface area contributed by atoms with Gasteiger partial charge < -0.3 is 9.84 Å². The third kappa shape index (κ3) is 2.92. The number of nitrogens with zero attached hydrogens (tertiary/aromatic N) is 2. The Morgan fingerprint density at radius 2 is 2.00 bits per heavy atom. The highest BCUT2D eigenvalue weighted by Crippen LogP contribution is 2.40. The normalized spacial score (nSPS) is 27.2. The summed E-state index contributed by atoms with van der Waals surface area (Å²) in [5.74, 6) is 0.312. The van der Waals surface area contributed by atoms with Crippen molar-refractivity contribution in [2.24, 2.45) is 5.92 Å². The van der Waals surface area contributed by atoms with Gasteiger partial charge in [-0.15, -0.1) is 0 Å². The lowest BCUT2D eigenvalue weighted by Crippen LogP contribution is -2.36. The number of ether oxygens (including phenoxy) is 1. The number of aromatic carboxylic acids is 1. The maximum absolute atomic E-state index is 10.8. The Morgan fingerprint density at radius 1 is 1.42 bits per heavy atom. The molecule has 5 nitrogen and oxygen atoms in total. The molecular weight excluding hydrogens is 244 g/mol. The van der Waals surface area contributed by atoms with Gasteiger partial charge >= 0.3 is 5.97 Å². The van der Waals surface area contributed by atoms with Crippen molar-refractivity contribution in [1.29, 1.82) is 0 Å². The molecule has 0 saturated heterocycles. The summed E-state index contributed by atoms with van der Waals surface area (Å²) in [4.78, 5) is 19.3. The lowest BCUT2D eigenvalue weighted by molar-refractivity contribution is -0.0837. The molecule has 5 heteroatoms. The molecule has 1 N–H and O–H groups in total. The minimum atomic E-state index is -1.01. The van der Waals surface area contributed by atoms with Gasteiger partial charge in [0.05, 0.1) is 5.56 Å². The van der Waals surface area contributed by atoms with Crippen molar-refractivity contribution in [2.45, 2.75) is 45.1 Å². The standard InChI is InChI=1S/C14H20N2O3/c1-3-19-14(6-4-10(2)5-7-14)13-15-8-11(9-16-13)12(17)18/h8-10H,3-7H2,1-2H3,(H,17,18). The Morgan fingerprint density at radius 3 is 2.47 bits per heavy atom. The Hall–Kier alpha value is -1.49. The molecule has 1 aliphatic rings. The summed E-state index contributed by atoms with van der Waals surface area (Å²) in [5.41, 5.74) is -0.322. The minimum Gasteiger partial charge on any atom is -0.478 e. The maximum atomic E-state index is 10.8. The van der Waals surface area contributed by atoms with E-state index in [2.05, 4.69) is 16.9 Å². The van der Waals surface area contributed by atoms with E-state index in [1.54, 1.807) is 0 Å². The first kappa shape index (κ1) is 13.9. The number of rotatable bonds is 4. The molecule has 0 aliphatic heterocycles. The van der Waals surface area contributed by atoms with Crippen molar-refractivity contribution in [3.8, 4) is 0 Å². The van der Waals surface area contributed by atoms with E-state index in [4.69, 9.17) is 9.84 Å². The number of aromatic nitrogens is 2. The van der Waals surface area contributed by atoms with Crippen LogP contribution in [0.15, 0.2) is 12.4 Å². The Bertz CT molecular complexity index is 437. The molecule has 104 valence electrons. The summed E-state index contributed by atoms with van der Waals surface area (Å²) >= 11 is 0. The summed E-state index contributed by atoms with van der Waals surface area (Å²) in [6, 6.07) is 0. The third-order valence-electron chi connectivity index (χ3n) is 3.81. The van der Waals surface area contributed by atoms with E-state index in [-0.39, 0.29) is 5.56 Å². The van der Waals surface area contributed by atoms with Crippen LogP contribution in [0.3, 0.4) is 0 Å². The third-order valence-corrected chi connectivity index (χ3v) is 3.81. The van der Waals surface area contributed by atoms with Crippen LogP contribution in [0, 0.1) is 5.92 Å². The van der Waals surface area contributed by atoms with Crippen molar-refractivity contribution in [1.82, 2.24) is 9.97 Å². The fourth-order valence-electron chi connectivity index (χ4n) is 2.61. The second-order valence-electron chi connectivity index (χ2n) is 5.21. The quantitative estimate of drug-likeness (QED) is 0.905. The average molecular weight is 264 g/mol. The molecule has 0 aromatic carbocycles. The molecule has 0 atom stereocenters. The SMILES string of the molecule is CCOC1(c2ncc(C(=O)O)cn2)CCC(C)CC1. The smallest absolute Gasteiger partial charge is 0.338 e. The first-order chi connectivity index (χ1) is 9.07. The maximum Gasteiger partial charge on any atom is 0.338 e. The first-order valence-electron chi connectivity index (χ1n) is 6.77. The molecule has 0 bridgehead atoms. The number of carboxylic acids is 1. The van der Waals surface area contributed by atoms with Crippen molar-refractivity contribution < 1.29 is 14.6 Å². The number of hydrogen-bond acceptors (Lipinski definition) is 4. The molecule has 1 heterocycles. The van der Waals surface area contributed by atoms with E-state index in [0.29, 0.717) is 18.3 Å². The van der Waals surface area contributed by atoms with Crippen LogP contribution in [-0.2, 0) is 10.3 Å². The Balaban J connectivity index is 2.26. The van der Waals surface area contributed by atoms with Gasteiger partial charge in [-0.1, -0.05) is 6.92 Å². The van der Waals surface area contributed by atoms with Gasteiger partial charge in [-0.2, -0.15) is 0 Å². The van der Waals surface area contributed by atoms with Gasteiger partial charge in [0.15, 0.2) is 5.82 Å². The predicted molar refractivity (Wildman–Crippen MR) is 69.9 cm³/mol. The number of carboxylic acid groups (broad SMARTS) is 1. The fraction of sp³-hybridized carbons (Fsp3) is 0.643. The molecule has 1 aromatic rings. The van der Waals surface area contributed by atoms with Gasteiger partial charge in [0.2, 0.25) is 0 Å². The van der Waals surface area contributed by atoms with Crippen LogP contribution in [0.1, 0.15) is 55.7 Å². The van der Waals surface area contributed by atoms with Gasteiger partial charge in [0, 0.05) is 19.0 Å². The van der Waals surface area contributed by atoms with Gasteiger partial charge in [0.1, 0.15) is 5.60 Å². The highest BCUT2D eigenvalue weighted by Gasteiger charge is 2.39. The van der Waals surface area contributed by atoms with Crippen LogP contribution in [0.25, 0.3) is 0 Å². The van der Waals surface area contributed by atoms with Gasteiger partial charge in [-0.05, 0) is 38.5 Å². The largest absolute Gasteiger partial charge is 0.478 e. The van der Waals surface area contributed by atoms with Crippen molar-refractivity contribution in [2.75, 3.05) is 6.61 Å². The second kappa shape index (κ2) is 5.65. The van der Waals surface area contributed by atoms with Gasteiger partial charge in [0.25, 0.3) is 0 Å². The molecule has 1 aliphatic carbocycles. The molecule has 0 radical (unpaired) electrons. The van der Waals surface area contributed by atoms with E-state index in [0.717, 1.165) is 25.7 Å². The topological polar surface area (TPSA) is 72.3 Å². The second-order valence-corrected chi connectivity index (χ2v) is 5.21. The van der Waals surface area contributed by atoms with Crippen LogP contribution in [-0.4, -0.2) is 27.7 Å². The summed E-state index contributed by atoms with van der Waals surface area (Å²) in [6.07, 6.45) is 6.70. The molecular formula is C14H20N2O3. The van der Waals surface area contributed by atoms with E-state index in [1.807, 2.05) is 6.92 Å². The zero-order valence-electron chi connectivity index (χ0n) is 11.4. The zero-order chi connectivity index (χ0) is 13.9. The summed E-state index contributed by atoms with van der Waals surface area (Å²) in [5, 5.41) is 8.88. The first-order valence-corrected chi connectivity index (χ1v) is 6.77. The predicted octanol–water partition coefficient (Wildman–Crippen LogP) is 2.62. The molecule has 0 spiro atoms. The lowest BCUT2D eigenvalue weighted by atomic mass is 9.79. The van der Waals surface area contributed by atoms with Crippen LogP contribution >= 0.6 is 0 Å². The zero-order valence-corrected chi connectivity index (χ0v) is 11.4. The molecule has 2 rings (SSSR count). The molecule has 1 saturated carbocycles. The number of carbonyl (C=O) groups is 1. The van der Waals surface area contributed by atoms with E-state index >= 15 is 0 Å². The Labute approximate surface area is 113 Å². The number of hydrogen-bond donors (Lipinski definition) is 1. The highest BCUT2D eigenvalue weighted by atomic mass is 16.5. The molecule has 19 heavy (non-hydrogen) atoms. The average Bonchev–Trinajstić information content (AvgIpc) is 2.42. The van der Waals surface area contributed by atoms with Crippen LogP contribution in [0.4, 0.5) is 0 Å². The van der Waals surface area contributed by atoms with E-state index < -0.39 is 11.6 Å². The minimum absolute atomic E-state index is 0.111. The van der Waals surface area contributed by atoms with Crippen LogP contribution < -0.4 is 0 Å². The monoisotopic (exact) mass is 264 g/mol. The Kier molecular flexibility index (Phi) is 4.14. The summed E-state index contributed by atoms with van der Waals surface area (Å²) in [7, 11) is 0. The van der Waals surface area contributed by atoms with Crippen LogP contribution in [0.2, 0.25) is 0 Å². The molecule has 0 amide bonds. The van der Waals surface area contributed by atoms with E-state index in [1.165, 1.54) is 12.4 Å². The van der Waals surface area contributed by atoms with Gasteiger partial charge in [-0.3, -0.25) is 0 Å². The molecule has 1 fully saturated rings. The van der Waals surface area contributed by atoms with E-state index in [9.17, 15) is 4.79 Å². The molecule has 1 aromatic heterocycles. The van der Waals surface area contributed by atoms with Crippen molar-refractivity contribution in [3.63, 3.8) is 0 Å². The van der Waals surface area contributed by atoms with Gasteiger partial charge in [-0.25, -0.2) is 14.8 Å². The molecule has 0 unspecified atom stereocenters. The van der Waals surface area contributed by atoms with Crippen molar-refractivity contribution in [3.05, 3.63) is 23.8 Å². The fourth-order valence-corrected chi connectivity index (χ4v) is 2.61. The highest BCUT2D eigenvalue weighted by molar-refractivity contribution is 5.86. The lowest BCUT2D eigenvalue weighted by Gasteiger charge is -2.37. The van der Waals surface area contributed by atoms with Crippen molar-refractivity contribution >= 4 is 5.97 Å². The summed E-state index contributed by atoms with van der Waals surface area (Å²) < 4.78 is 5.93.